The zero-order valence-corrected chi connectivity index (χ0v) is 26.0. The molecule has 3 aromatic rings. The van der Waals surface area contributed by atoms with E-state index in [1.54, 1.807) is 32.6 Å². The van der Waals surface area contributed by atoms with Gasteiger partial charge in [-0.1, -0.05) is 5.92 Å². The molecule has 1 aromatic carbocycles. The molecule has 0 spiro atoms. The minimum Gasteiger partial charge on any atom is -0.489 e. The Morgan fingerprint density at radius 3 is 2.33 bits per heavy atom. The Balaban J connectivity index is 1.37. The number of rotatable bonds is 0. The normalized spacial score (nSPS) is 18.2. The molecule has 0 aliphatic carbocycles. The smallest absolute Gasteiger partial charge is 0.417 e. The molecule has 1 atom stereocenters. The van der Waals surface area contributed by atoms with Gasteiger partial charge in [-0.25, -0.2) is 19.5 Å². The van der Waals surface area contributed by atoms with Crippen molar-refractivity contribution in [1.82, 2.24) is 14.8 Å². The highest BCUT2D eigenvalue weighted by atomic mass is 32.1. The molecule has 0 radical (unpaired) electrons. The van der Waals surface area contributed by atoms with Gasteiger partial charge >= 0.3 is 12.2 Å². The molecular formula is C32H37N3O6S. The van der Waals surface area contributed by atoms with Gasteiger partial charge in [-0.3, -0.25) is 4.79 Å². The highest BCUT2D eigenvalue weighted by molar-refractivity contribution is 7.21. The van der Waals surface area contributed by atoms with Gasteiger partial charge in [0.05, 0.1) is 11.6 Å². The van der Waals surface area contributed by atoms with Crippen LogP contribution in [0.1, 0.15) is 76.7 Å². The average Bonchev–Trinajstić information content (AvgIpc) is 3.22. The lowest BCUT2D eigenvalue weighted by Gasteiger charge is -2.31. The summed E-state index contributed by atoms with van der Waals surface area (Å²) < 4.78 is 18.0. The second-order valence-corrected chi connectivity index (χ2v) is 13.8. The third kappa shape index (κ3) is 6.31. The predicted octanol–water partition coefficient (Wildman–Crippen LogP) is 6.61. The lowest BCUT2D eigenvalue weighted by atomic mass is 9.97. The van der Waals surface area contributed by atoms with Crippen LogP contribution in [0.4, 0.5) is 9.59 Å². The van der Waals surface area contributed by atoms with Gasteiger partial charge in [0.2, 0.25) is 0 Å². The second-order valence-electron chi connectivity index (χ2n) is 12.8. The molecule has 0 N–H and O–H groups in total. The molecule has 42 heavy (non-hydrogen) atoms. The second kappa shape index (κ2) is 11.1. The van der Waals surface area contributed by atoms with Crippen LogP contribution in [0, 0.1) is 17.8 Å². The Bertz CT molecular complexity index is 1610. The van der Waals surface area contributed by atoms with Gasteiger partial charge in [-0.05, 0) is 91.5 Å². The maximum atomic E-state index is 13.6. The third-order valence-corrected chi connectivity index (χ3v) is 8.07. The van der Waals surface area contributed by atoms with E-state index >= 15 is 0 Å². The van der Waals surface area contributed by atoms with Crippen molar-refractivity contribution >= 4 is 50.4 Å². The minimum absolute atomic E-state index is 0.157. The van der Waals surface area contributed by atoms with E-state index in [0.29, 0.717) is 29.4 Å². The molecule has 2 aromatic heterocycles. The van der Waals surface area contributed by atoms with E-state index in [9.17, 15) is 14.4 Å². The zero-order valence-electron chi connectivity index (χ0n) is 25.2. The number of amides is 3. The Morgan fingerprint density at radius 1 is 1.00 bits per heavy atom. The van der Waals surface area contributed by atoms with Crippen LogP contribution in [-0.4, -0.2) is 69.8 Å². The van der Waals surface area contributed by atoms with Crippen molar-refractivity contribution in [1.29, 1.82) is 0 Å². The average molecular weight is 592 g/mol. The van der Waals surface area contributed by atoms with Crippen LogP contribution in [0.3, 0.4) is 0 Å². The summed E-state index contributed by atoms with van der Waals surface area (Å²) in [5.41, 5.74) is 0.155. The SMILES string of the molecule is C[C@@H]1COc2c(sc3ccc4nc(C#CC5CCN(C(=O)OC(C)(C)C)CC5)ccc4c23)C(=O)N1C(=O)OC(C)(C)C. The standard InChI is InChI=1S/C32H37N3O6S/c1-19-18-39-26-25-22-11-10-21(9-8-20-14-16-34(17-15-20)29(37)40-31(2,3)4)33-23(22)12-13-24(25)42-27(26)28(36)35(19)30(38)41-32(5,6)7/h10-13,19-20H,14-18H2,1-7H3/t19-/m1/s1. The van der Waals surface area contributed by atoms with Gasteiger partial charge in [0, 0.05) is 34.5 Å². The van der Waals surface area contributed by atoms with Crippen LogP contribution < -0.4 is 4.74 Å². The van der Waals surface area contributed by atoms with Crippen molar-refractivity contribution in [2.45, 2.75) is 78.6 Å². The summed E-state index contributed by atoms with van der Waals surface area (Å²) in [4.78, 5) is 46.9. The van der Waals surface area contributed by atoms with E-state index in [2.05, 4.69) is 11.8 Å². The first-order chi connectivity index (χ1) is 19.7. The van der Waals surface area contributed by atoms with E-state index in [-0.39, 0.29) is 18.6 Å². The number of fused-ring (bicyclic) bond motifs is 5. The molecule has 1 fully saturated rings. The van der Waals surface area contributed by atoms with Crippen molar-refractivity contribution in [3.63, 3.8) is 0 Å². The molecular weight excluding hydrogens is 554 g/mol. The molecule has 222 valence electrons. The molecule has 5 rings (SSSR count). The first-order valence-corrected chi connectivity index (χ1v) is 15.1. The number of hydrogen-bond donors (Lipinski definition) is 0. The summed E-state index contributed by atoms with van der Waals surface area (Å²) in [7, 11) is 0. The summed E-state index contributed by atoms with van der Waals surface area (Å²) in [6.45, 7) is 14.1. The fourth-order valence-electron chi connectivity index (χ4n) is 4.99. The lowest BCUT2D eigenvalue weighted by Crippen LogP contribution is -2.46. The van der Waals surface area contributed by atoms with E-state index in [1.807, 2.05) is 45.0 Å². The van der Waals surface area contributed by atoms with Crippen molar-refractivity contribution in [3.8, 4) is 17.6 Å². The van der Waals surface area contributed by atoms with Crippen molar-refractivity contribution in [3.05, 3.63) is 34.8 Å². The molecule has 0 saturated carbocycles. The molecule has 2 aliphatic heterocycles. The quantitative estimate of drug-likeness (QED) is 0.272. The highest BCUT2D eigenvalue weighted by Crippen LogP contribution is 2.44. The Hall–Kier alpha value is -3.84. The summed E-state index contributed by atoms with van der Waals surface area (Å²) >= 11 is 1.30. The minimum atomic E-state index is -0.729. The largest absolute Gasteiger partial charge is 0.489 e. The van der Waals surface area contributed by atoms with E-state index in [1.165, 1.54) is 11.3 Å². The number of piperidine rings is 1. The number of benzene rings is 1. The van der Waals surface area contributed by atoms with Crippen LogP contribution in [0.2, 0.25) is 0 Å². The third-order valence-electron chi connectivity index (χ3n) is 6.94. The van der Waals surface area contributed by atoms with Crippen LogP contribution >= 0.6 is 11.3 Å². The molecule has 2 aliphatic rings. The van der Waals surface area contributed by atoms with E-state index < -0.39 is 29.2 Å². The number of hydrogen-bond acceptors (Lipinski definition) is 8. The Labute approximate surface area is 250 Å². The van der Waals surface area contributed by atoms with Crippen LogP contribution in [0.5, 0.6) is 5.75 Å². The van der Waals surface area contributed by atoms with Crippen molar-refractivity contribution in [2.24, 2.45) is 5.92 Å². The van der Waals surface area contributed by atoms with Gasteiger partial charge in [0.1, 0.15) is 28.4 Å². The maximum Gasteiger partial charge on any atom is 0.417 e. The highest BCUT2D eigenvalue weighted by Gasteiger charge is 2.38. The number of ether oxygens (including phenoxy) is 3. The summed E-state index contributed by atoms with van der Waals surface area (Å²) in [6.07, 6.45) is 0.608. The molecule has 0 unspecified atom stereocenters. The van der Waals surface area contributed by atoms with Crippen molar-refractivity contribution in [2.75, 3.05) is 19.7 Å². The monoisotopic (exact) mass is 591 g/mol. The number of carbonyl (C=O) groups is 3. The molecule has 1 saturated heterocycles. The number of likely N-dealkylation sites (tertiary alicyclic amines) is 1. The van der Waals surface area contributed by atoms with Gasteiger partial charge in [-0.15, -0.1) is 11.3 Å². The predicted molar refractivity (Wildman–Crippen MR) is 162 cm³/mol. The summed E-state index contributed by atoms with van der Waals surface area (Å²) in [6, 6.07) is 7.18. The molecule has 4 heterocycles. The van der Waals surface area contributed by atoms with Crippen LogP contribution in [-0.2, 0) is 9.47 Å². The first-order valence-electron chi connectivity index (χ1n) is 14.3. The number of imide groups is 1. The zero-order chi connectivity index (χ0) is 30.4. The summed E-state index contributed by atoms with van der Waals surface area (Å²) in [5.74, 6) is 6.77. The van der Waals surface area contributed by atoms with Crippen LogP contribution in [0.25, 0.3) is 21.0 Å². The fourth-order valence-corrected chi connectivity index (χ4v) is 6.09. The molecule has 0 bridgehead atoms. The maximum absolute atomic E-state index is 13.6. The van der Waals surface area contributed by atoms with Gasteiger partial charge in [0.25, 0.3) is 5.91 Å². The van der Waals surface area contributed by atoms with Crippen LogP contribution in [0.15, 0.2) is 24.3 Å². The number of carbonyl (C=O) groups excluding carboxylic acids is 3. The Morgan fingerprint density at radius 2 is 1.67 bits per heavy atom. The fraction of sp³-hybridized carbons (Fsp3) is 0.500. The Kier molecular flexibility index (Phi) is 7.84. The van der Waals surface area contributed by atoms with E-state index in [0.717, 1.165) is 38.7 Å². The number of aromatic nitrogens is 1. The first kappa shape index (κ1) is 29.6. The molecule has 3 amide bonds. The topological polar surface area (TPSA) is 98.3 Å². The van der Waals surface area contributed by atoms with Gasteiger partial charge in [0.15, 0.2) is 5.75 Å². The summed E-state index contributed by atoms with van der Waals surface area (Å²) in [5, 5.41) is 1.66. The molecule has 10 heteroatoms. The van der Waals surface area contributed by atoms with Gasteiger partial charge in [-0.2, -0.15) is 0 Å². The van der Waals surface area contributed by atoms with E-state index in [4.69, 9.17) is 19.2 Å². The number of pyridine rings is 1. The lowest BCUT2D eigenvalue weighted by molar-refractivity contribution is 0.0155. The number of nitrogens with zero attached hydrogens (tertiary/aromatic N) is 3. The number of thiophene rings is 1. The molecule has 9 nitrogen and oxygen atoms in total. The van der Waals surface area contributed by atoms with Crippen molar-refractivity contribution < 1.29 is 28.6 Å². The van der Waals surface area contributed by atoms with Gasteiger partial charge < -0.3 is 19.1 Å².